The molecule has 1 aromatic rings. The van der Waals surface area contributed by atoms with Crippen molar-refractivity contribution in [3.63, 3.8) is 0 Å². The Balaban J connectivity index is 2.30. The highest BCUT2D eigenvalue weighted by molar-refractivity contribution is 5.63. The Kier molecular flexibility index (Phi) is 3.88. The van der Waals surface area contributed by atoms with Gasteiger partial charge in [0.15, 0.2) is 0 Å². The van der Waals surface area contributed by atoms with Crippen LogP contribution in [0.15, 0.2) is 30.9 Å². The molecule has 0 radical (unpaired) electrons. The molecule has 1 nitrogen and oxygen atoms in total. The molecule has 1 aliphatic heterocycles. The molecule has 1 heterocycles. The van der Waals surface area contributed by atoms with Crippen LogP contribution in [0.5, 0.6) is 0 Å². The second kappa shape index (κ2) is 5.39. The highest BCUT2D eigenvalue weighted by atomic mass is 15.1. The van der Waals surface area contributed by atoms with Gasteiger partial charge in [0.1, 0.15) is 0 Å². The molecule has 0 saturated carbocycles. The van der Waals surface area contributed by atoms with Crippen molar-refractivity contribution in [1.29, 1.82) is 0 Å². The van der Waals surface area contributed by atoms with Gasteiger partial charge >= 0.3 is 0 Å². The highest BCUT2D eigenvalue weighted by Crippen LogP contribution is 2.38. The van der Waals surface area contributed by atoms with E-state index in [1.54, 1.807) is 11.1 Å². The number of benzene rings is 1. The molecule has 1 aliphatic rings. The summed E-state index contributed by atoms with van der Waals surface area (Å²) in [5, 5.41) is 0. The maximum Gasteiger partial charge on any atom is 0.0407 e. The fourth-order valence-corrected chi connectivity index (χ4v) is 2.88. The van der Waals surface area contributed by atoms with Gasteiger partial charge in [0, 0.05) is 24.7 Å². The van der Waals surface area contributed by atoms with E-state index in [4.69, 9.17) is 0 Å². The van der Waals surface area contributed by atoms with E-state index in [0.717, 1.165) is 13.1 Å². The lowest BCUT2D eigenvalue weighted by Crippen LogP contribution is -2.20. The molecule has 1 atom stereocenters. The van der Waals surface area contributed by atoms with E-state index >= 15 is 0 Å². The van der Waals surface area contributed by atoms with Gasteiger partial charge in [0.05, 0.1) is 0 Å². The number of nitrogens with zero attached hydrogens (tertiary/aromatic N) is 1. The topological polar surface area (TPSA) is 3.24 Å². The van der Waals surface area contributed by atoms with Crippen LogP contribution in [0.25, 0.3) is 0 Å². The standard InChI is InChI=1S/C16H23N/c1-4-6-8-14-9-7-10-15-16(14)13(3)12-17(15)11-5-2/h5,7,9-10,13H,2,4,6,8,11-12H2,1,3H3. The van der Waals surface area contributed by atoms with Crippen molar-refractivity contribution in [2.24, 2.45) is 0 Å². The molecule has 0 fully saturated rings. The Bertz CT molecular complexity index is 395. The first-order chi connectivity index (χ1) is 8.27. The van der Waals surface area contributed by atoms with Crippen LogP contribution in [0.1, 0.15) is 43.7 Å². The van der Waals surface area contributed by atoms with Crippen molar-refractivity contribution in [2.45, 2.75) is 39.0 Å². The van der Waals surface area contributed by atoms with Crippen molar-refractivity contribution >= 4 is 5.69 Å². The van der Waals surface area contributed by atoms with Gasteiger partial charge in [0.25, 0.3) is 0 Å². The molecular formula is C16H23N. The summed E-state index contributed by atoms with van der Waals surface area (Å²) in [6.45, 7) is 10.6. The molecule has 2 rings (SSSR count). The Morgan fingerprint density at radius 3 is 3.00 bits per heavy atom. The number of unbranched alkanes of at least 4 members (excludes halogenated alkanes) is 1. The lowest BCUT2D eigenvalue weighted by Gasteiger charge is -2.17. The first-order valence-electron chi connectivity index (χ1n) is 6.75. The molecule has 92 valence electrons. The largest absolute Gasteiger partial charge is 0.367 e. The Morgan fingerprint density at radius 1 is 1.47 bits per heavy atom. The second-order valence-electron chi connectivity index (χ2n) is 5.05. The summed E-state index contributed by atoms with van der Waals surface area (Å²) in [6.07, 6.45) is 5.80. The van der Waals surface area contributed by atoms with Crippen LogP contribution in [-0.4, -0.2) is 13.1 Å². The first kappa shape index (κ1) is 12.2. The van der Waals surface area contributed by atoms with E-state index in [-0.39, 0.29) is 0 Å². The number of aryl methyl sites for hydroxylation is 1. The highest BCUT2D eigenvalue weighted by Gasteiger charge is 2.26. The SMILES string of the molecule is C=CCN1CC(C)c2c(CCCC)cccc21. The van der Waals surface area contributed by atoms with Crippen LogP contribution in [0.2, 0.25) is 0 Å². The van der Waals surface area contributed by atoms with E-state index in [0.29, 0.717) is 5.92 Å². The summed E-state index contributed by atoms with van der Waals surface area (Å²) in [5.41, 5.74) is 4.58. The zero-order chi connectivity index (χ0) is 12.3. The summed E-state index contributed by atoms with van der Waals surface area (Å²) in [5.74, 6) is 0.665. The van der Waals surface area contributed by atoms with E-state index in [1.165, 1.54) is 24.9 Å². The second-order valence-corrected chi connectivity index (χ2v) is 5.05. The van der Waals surface area contributed by atoms with Gasteiger partial charge in [-0.05, 0) is 30.0 Å². The number of hydrogen-bond donors (Lipinski definition) is 0. The number of hydrogen-bond acceptors (Lipinski definition) is 1. The van der Waals surface area contributed by atoms with E-state index in [2.05, 4.69) is 43.5 Å². The molecule has 1 heteroatoms. The molecule has 0 saturated heterocycles. The molecule has 0 amide bonds. The van der Waals surface area contributed by atoms with Gasteiger partial charge in [-0.2, -0.15) is 0 Å². The average molecular weight is 229 g/mol. The van der Waals surface area contributed by atoms with Crippen LogP contribution >= 0.6 is 0 Å². The van der Waals surface area contributed by atoms with Gasteiger partial charge in [-0.25, -0.2) is 0 Å². The monoisotopic (exact) mass is 229 g/mol. The number of rotatable bonds is 5. The minimum absolute atomic E-state index is 0.665. The van der Waals surface area contributed by atoms with Gasteiger partial charge in [0.2, 0.25) is 0 Å². The van der Waals surface area contributed by atoms with Crippen molar-refractivity contribution < 1.29 is 0 Å². The Morgan fingerprint density at radius 2 is 2.29 bits per heavy atom. The van der Waals surface area contributed by atoms with E-state index < -0.39 is 0 Å². The summed E-state index contributed by atoms with van der Waals surface area (Å²) < 4.78 is 0. The van der Waals surface area contributed by atoms with Crippen molar-refractivity contribution in [2.75, 3.05) is 18.0 Å². The lowest BCUT2D eigenvalue weighted by molar-refractivity contribution is 0.750. The predicted molar refractivity (Wildman–Crippen MR) is 75.9 cm³/mol. The molecular weight excluding hydrogens is 206 g/mol. The molecule has 0 aliphatic carbocycles. The normalized spacial score (nSPS) is 18.2. The van der Waals surface area contributed by atoms with Gasteiger partial charge < -0.3 is 4.90 Å². The predicted octanol–water partition coefficient (Wildman–Crippen LogP) is 4.14. The van der Waals surface area contributed by atoms with Gasteiger partial charge in [-0.15, -0.1) is 6.58 Å². The molecule has 1 unspecified atom stereocenters. The van der Waals surface area contributed by atoms with E-state index in [9.17, 15) is 0 Å². The van der Waals surface area contributed by atoms with Crippen molar-refractivity contribution in [3.8, 4) is 0 Å². The van der Waals surface area contributed by atoms with Gasteiger partial charge in [-0.1, -0.05) is 38.5 Å². The third-order valence-electron chi connectivity index (χ3n) is 3.65. The zero-order valence-corrected chi connectivity index (χ0v) is 11.1. The number of anilines is 1. The molecule has 0 aromatic heterocycles. The summed E-state index contributed by atoms with van der Waals surface area (Å²) >= 11 is 0. The Labute approximate surface area is 105 Å². The lowest BCUT2D eigenvalue weighted by atomic mass is 9.94. The van der Waals surface area contributed by atoms with Crippen LogP contribution in [0, 0.1) is 0 Å². The quantitative estimate of drug-likeness (QED) is 0.686. The van der Waals surface area contributed by atoms with E-state index in [1.807, 2.05) is 6.08 Å². The summed E-state index contributed by atoms with van der Waals surface area (Å²) in [4.78, 5) is 2.45. The maximum absolute atomic E-state index is 3.85. The Hall–Kier alpha value is -1.24. The summed E-state index contributed by atoms with van der Waals surface area (Å²) in [6, 6.07) is 6.78. The minimum atomic E-state index is 0.665. The van der Waals surface area contributed by atoms with Crippen molar-refractivity contribution in [1.82, 2.24) is 0 Å². The van der Waals surface area contributed by atoms with Crippen LogP contribution < -0.4 is 4.90 Å². The molecule has 0 N–H and O–H groups in total. The molecule has 0 spiro atoms. The smallest absolute Gasteiger partial charge is 0.0407 e. The minimum Gasteiger partial charge on any atom is -0.367 e. The third kappa shape index (κ3) is 2.38. The summed E-state index contributed by atoms with van der Waals surface area (Å²) in [7, 11) is 0. The van der Waals surface area contributed by atoms with Crippen LogP contribution in [0.4, 0.5) is 5.69 Å². The third-order valence-corrected chi connectivity index (χ3v) is 3.65. The van der Waals surface area contributed by atoms with Gasteiger partial charge in [-0.3, -0.25) is 0 Å². The van der Waals surface area contributed by atoms with Crippen LogP contribution in [-0.2, 0) is 6.42 Å². The average Bonchev–Trinajstić information content (AvgIpc) is 2.65. The fourth-order valence-electron chi connectivity index (χ4n) is 2.88. The molecule has 0 bridgehead atoms. The zero-order valence-electron chi connectivity index (χ0n) is 11.1. The molecule has 1 aromatic carbocycles. The maximum atomic E-state index is 3.85. The van der Waals surface area contributed by atoms with Crippen LogP contribution in [0.3, 0.4) is 0 Å². The fraction of sp³-hybridized carbons (Fsp3) is 0.500. The van der Waals surface area contributed by atoms with Crippen molar-refractivity contribution in [3.05, 3.63) is 42.0 Å². The molecule has 17 heavy (non-hydrogen) atoms. The first-order valence-corrected chi connectivity index (χ1v) is 6.75. The number of fused-ring (bicyclic) bond motifs is 1.